The minimum atomic E-state index is -0.498. The number of carbonyl (C=O) groups excluding carboxylic acids is 2. The van der Waals surface area contributed by atoms with Crippen LogP contribution in [0.25, 0.3) is 6.08 Å². The molecule has 0 radical (unpaired) electrons. The first-order chi connectivity index (χ1) is 12.6. The van der Waals surface area contributed by atoms with E-state index < -0.39 is 5.97 Å². The van der Waals surface area contributed by atoms with Crippen LogP contribution in [-0.2, 0) is 20.9 Å². The summed E-state index contributed by atoms with van der Waals surface area (Å²) in [5, 5.41) is 2.29. The number of benzene rings is 1. The predicted molar refractivity (Wildman–Crippen MR) is 98.9 cm³/mol. The number of hydrogen-bond acceptors (Lipinski definition) is 6. The number of nitrogens with zero attached hydrogens (tertiary/aromatic N) is 2. The maximum absolute atomic E-state index is 12.0. The molecular weight excluding hydrogens is 352 g/mol. The van der Waals surface area contributed by atoms with Crippen molar-refractivity contribution in [3.8, 4) is 0 Å². The lowest BCUT2D eigenvalue weighted by Crippen LogP contribution is -2.22. The van der Waals surface area contributed by atoms with Gasteiger partial charge in [-0.15, -0.1) is 11.3 Å². The maximum Gasteiger partial charge on any atom is 0.331 e. The van der Waals surface area contributed by atoms with Crippen LogP contribution in [-0.4, -0.2) is 16.9 Å². The Morgan fingerprint density at radius 3 is 2.73 bits per heavy atom. The number of amides is 1. The smallest absolute Gasteiger partial charge is 0.331 e. The summed E-state index contributed by atoms with van der Waals surface area (Å²) in [5.74, 6) is -0.0734. The highest BCUT2D eigenvalue weighted by Gasteiger charge is 2.17. The molecule has 0 bridgehead atoms. The average Bonchev–Trinajstić information content (AvgIpc) is 3.31. The standard InChI is InChI=1S/C19H16N2O4S/c1-14(22)21(16-6-3-2-4-7-16)19-20-15(13-26-19)12-25-18(23)10-9-17-8-5-11-24-17/h2-11,13H,12H2,1H3/b10-9+. The third-order valence-corrected chi connectivity index (χ3v) is 4.22. The van der Waals surface area contributed by atoms with Crippen molar-refractivity contribution < 1.29 is 18.7 Å². The van der Waals surface area contributed by atoms with Crippen LogP contribution in [0.1, 0.15) is 18.4 Å². The first-order valence-electron chi connectivity index (χ1n) is 7.82. The van der Waals surface area contributed by atoms with Gasteiger partial charge in [0, 0.05) is 18.4 Å². The molecule has 2 aromatic heterocycles. The van der Waals surface area contributed by atoms with E-state index in [2.05, 4.69) is 4.98 Å². The lowest BCUT2D eigenvalue weighted by Gasteiger charge is -2.17. The topological polar surface area (TPSA) is 72.6 Å². The van der Waals surface area contributed by atoms with Crippen molar-refractivity contribution >= 4 is 40.1 Å². The SMILES string of the molecule is CC(=O)N(c1ccccc1)c1nc(COC(=O)/C=C/c2ccco2)cs1. The third kappa shape index (κ3) is 4.46. The van der Waals surface area contributed by atoms with Crippen molar-refractivity contribution in [2.45, 2.75) is 13.5 Å². The van der Waals surface area contributed by atoms with Gasteiger partial charge in [0.15, 0.2) is 5.13 Å². The molecular formula is C19H16N2O4S. The first-order valence-corrected chi connectivity index (χ1v) is 8.70. The molecule has 26 heavy (non-hydrogen) atoms. The molecule has 0 aliphatic rings. The van der Waals surface area contributed by atoms with Crippen molar-refractivity contribution in [1.82, 2.24) is 4.98 Å². The van der Waals surface area contributed by atoms with Crippen molar-refractivity contribution in [2.24, 2.45) is 0 Å². The number of aromatic nitrogens is 1. The molecule has 0 N–H and O–H groups in total. The molecule has 0 saturated carbocycles. The predicted octanol–water partition coefficient (Wildman–Crippen LogP) is 4.18. The Morgan fingerprint density at radius 2 is 2.04 bits per heavy atom. The van der Waals surface area contributed by atoms with Crippen LogP contribution >= 0.6 is 11.3 Å². The number of esters is 1. The Morgan fingerprint density at radius 1 is 1.23 bits per heavy atom. The molecule has 0 aliphatic carbocycles. The normalized spacial score (nSPS) is 10.8. The molecule has 0 fully saturated rings. The summed E-state index contributed by atoms with van der Waals surface area (Å²) in [6.45, 7) is 1.51. The van der Waals surface area contributed by atoms with Crippen LogP contribution in [0.5, 0.6) is 0 Å². The van der Waals surface area contributed by atoms with Gasteiger partial charge >= 0.3 is 5.97 Å². The molecule has 0 atom stereocenters. The van der Waals surface area contributed by atoms with Crippen LogP contribution in [0.4, 0.5) is 10.8 Å². The van der Waals surface area contributed by atoms with Gasteiger partial charge in [0.2, 0.25) is 5.91 Å². The summed E-state index contributed by atoms with van der Waals surface area (Å²) in [6.07, 6.45) is 4.34. The van der Waals surface area contributed by atoms with Crippen molar-refractivity contribution in [3.63, 3.8) is 0 Å². The number of para-hydroxylation sites is 1. The van der Waals surface area contributed by atoms with E-state index in [-0.39, 0.29) is 12.5 Å². The van der Waals surface area contributed by atoms with E-state index in [4.69, 9.17) is 9.15 Å². The van der Waals surface area contributed by atoms with E-state index in [0.29, 0.717) is 16.6 Å². The molecule has 0 aliphatic heterocycles. The monoisotopic (exact) mass is 368 g/mol. The van der Waals surface area contributed by atoms with Crippen molar-refractivity contribution in [2.75, 3.05) is 4.90 Å². The molecule has 0 unspecified atom stereocenters. The second kappa shape index (κ2) is 8.26. The average molecular weight is 368 g/mol. The Bertz CT molecular complexity index is 901. The zero-order chi connectivity index (χ0) is 18.4. The van der Waals surface area contributed by atoms with Gasteiger partial charge in [-0.25, -0.2) is 9.78 Å². The van der Waals surface area contributed by atoms with Gasteiger partial charge in [0.25, 0.3) is 0 Å². The van der Waals surface area contributed by atoms with Crippen LogP contribution in [0, 0.1) is 0 Å². The van der Waals surface area contributed by atoms with E-state index in [9.17, 15) is 9.59 Å². The van der Waals surface area contributed by atoms with Gasteiger partial charge in [0.1, 0.15) is 12.4 Å². The summed E-state index contributed by atoms with van der Waals surface area (Å²) in [6, 6.07) is 12.7. The van der Waals surface area contributed by atoms with E-state index in [1.807, 2.05) is 30.3 Å². The number of rotatable bonds is 6. The van der Waals surface area contributed by atoms with Crippen LogP contribution in [0.15, 0.2) is 64.6 Å². The maximum atomic E-state index is 12.0. The fraction of sp³-hybridized carbons (Fsp3) is 0.105. The third-order valence-electron chi connectivity index (χ3n) is 3.35. The molecule has 2 heterocycles. The van der Waals surface area contributed by atoms with Gasteiger partial charge in [-0.2, -0.15) is 0 Å². The number of anilines is 2. The Balaban J connectivity index is 1.63. The van der Waals surface area contributed by atoms with E-state index in [0.717, 1.165) is 5.69 Å². The van der Waals surface area contributed by atoms with Gasteiger partial charge < -0.3 is 9.15 Å². The van der Waals surface area contributed by atoms with Gasteiger partial charge in [-0.3, -0.25) is 9.69 Å². The molecule has 132 valence electrons. The Hall–Kier alpha value is -3.19. The fourth-order valence-electron chi connectivity index (χ4n) is 2.20. The van der Waals surface area contributed by atoms with E-state index in [1.165, 1.54) is 41.6 Å². The van der Waals surface area contributed by atoms with E-state index >= 15 is 0 Å². The van der Waals surface area contributed by atoms with Gasteiger partial charge in [0.05, 0.1) is 17.6 Å². The number of ether oxygens (including phenoxy) is 1. The lowest BCUT2D eigenvalue weighted by molar-refractivity contribution is -0.139. The zero-order valence-corrected chi connectivity index (χ0v) is 14.8. The summed E-state index contributed by atoms with van der Waals surface area (Å²) in [7, 11) is 0. The summed E-state index contributed by atoms with van der Waals surface area (Å²) in [4.78, 5) is 29.7. The zero-order valence-electron chi connectivity index (χ0n) is 14.0. The second-order valence-electron chi connectivity index (χ2n) is 5.27. The highest BCUT2D eigenvalue weighted by atomic mass is 32.1. The quantitative estimate of drug-likeness (QED) is 0.482. The number of hydrogen-bond donors (Lipinski definition) is 0. The molecule has 0 spiro atoms. The summed E-state index contributed by atoms with van der Waals surface area (Å²) in [5.41, 5.74) is 1.31. The Labute approximate surface area is 154 Å². The van der Waals surface area contributed by atoms with Crippen LogP contribution < -0.4 is 4.90 Å². The highest BCUT2D eigenvalue weighted by Crippen LogP contribution is 2.28. The largest absolute Gasteiger partial charge is 0.465 e. The molecule has 0 saturated heterocycles. The minimum Gasteiger partial charge on any atom is -0.465 e. The lowest BCUT2D eigenvalue weighted by atomic mass is 10.3. The van der Waals surface area contributed by atoms with E-state index in [1.54, 1.807) is 17.5 Å². The molecule has 7 heteroatoms. The van der Waals surface area contributed by atoms with Gasteiger partial charge in [-0.05, 0) is 30.3 Å². The van der Waals surface area contributed by atoms with Crippen LogP contribution in [0.3, 0.4) is 0 Å². The van der Waals surface area contributed by atoms with Crippen molar-refractivity contribution in [1.29, 1.82) is 0 Å². The highest BCUT2D eigenvalue weighted by molar-refractivity contribution is 7.14. The second-order valence-corrected chi connectivity index (χ2v) is 6.10. The van der Waals surface area contributed by atoms with Gasteiger partial charge in [-0.1, -0.05) is 18.2 Å². The molecule has 1 amide bonds. The number of thiazole rings is 1. The molecule has 3 aromatic rings. The fourth-order valence-corrected chi connectivity index (χ4v) is 3.07. The van der Waals surface area contributed by atoms with Crippen molar-refractivity contribution in [3.05, 3.63) is 71.6 Å². The first kappa shape index (κ1) is 17.6. The minimum absolute atomic E-state index is 0.0262. The Kier molecular flexibility index (Phi) is 5.60. The summed E-state index contributed by atoms with van der Waals surface area (Å²) < 4.78 is 10.3. The van der Waals surface area contributed by atoms with Crippen LogP contribution in [0.2, 0.25) is 0 Å². The molecule has 1 aromatic carbocycles. The summed E-state index contributed by atoms with van der Waals surface area (Å²) >= 11 is 1.31. The number of carbonyl (C=O) groups is 2. The molecule has 3 rings (SSSR count). The molecule has 6 nitrogen and oxygen atoms in total. The number of furan rings is 1.